The molecule has 1 amide bonds. The smallest absolute Gasteiger partial charge is 0.260 e. The van der Waals surface area contributed by atoms with E-state index in [4.69, 9.17) is 4.74 Å². The third-order valence-electron chi connectivity index (χ3n) is 4.69. The first-order chi connectivity index (χ1) is 12.2. The fourth-order valence-corrected chi connectivity index (χ4v) is 4.10. The number of nitrogens with zero attached hydrogens (tertiary/aromatic N) is 1. The summed E-state index contributed by atoms with van der Waals surface area (Å²) in [6, 6.07) is 13.8. The van der Waals surface area contributed by atoms with Gasteiger partial charge in [0.1, 0.15) is 5.75 Å². The van der Waals surface area contributed by atoms with Crippen molar-refractivity contribution in [3.05, 3.63) is 52.7 Å². The number of nitrogens with one attached hydrogen (secondary N) is 1. The number of likely N-dealkylation sites (tertiary alicyclic amines) is 1. The van der Waals surface area contributed by atoms with Crippen LogP contribution in [0, 0.1) is 0 Å². The molecule has 0 radical (unpaired) electrons. The van der Waals surface area contributed by atoms with Gasteiger partial charge in [-0.2, -0.15) is 0 Å². The maximum atomic E-state index is 12.1. The number of amides is 1. The molecule has 1 unspecified atom stereocenters. The molecule has 1 aromatic carbocycles. The minimum absolute atomic E-state index is 0.0580. The Morgan fingerprint density at radius 2 is 2.00 bits per heavy atom. The minimum Gasteiger partial charge on any atom is -0.481 e. The van der Waals surface area contributed by atoms with Gasteiger partial charge < -0.3 is 15.0 Å². The molecule has 1 saturated heterocycles. The molecular weight excluding hydrogens is 332 g/mol. The van der Waals surface area contributed by atoms with Gasteiger partial charge in [-0.1, -0.05) is 24.3 Å². The molecule has 0 spiro atoms. The second kappa shape index (κ2) is 9.02. The molecule has 1 atom stereocenters. The van der Waals surface area contributed by atoms with Gasteiger partial charge in [0.25, 0.3) is 5.91 Å². The van der Waals surface area contributed by atoms with Crippen LogP contribution in [0.3, 0.4) is 0 Å². The van der Waals surface area contributed by atoms with Gasteiger partial charge in [0.15, 0.2) is 6.10 Å². The predicted octanol–water partition coefficient (Wildman–Crippen LogP) is 3.51. The van der Waals surface area contributed by atoms with Crippen molar-refractivity contribution in [2.75, 3.05) is 26.2 Å². The Balaban J connectivity index is 1.33. The van der Waals surface area contributed by atoms with E-state index in [1.165, 1.54) is 17.7 Å². The van der Waals surface area contributed by atoms with Gasteiger partial charge in [-0.3, -0.25) is 4.79 Å². The van der Waals surface area contributed by atoms with E-state index >= 15 is 0 Å². The molecule has 4 nitrogen and oxygen atoms in total. The SMILES string of the molecule is CC(Oc1ccccc1)C(=O)NCCN1CCC(c2cccs2)CC1. The third-order valence-corrected chi connectivity index (χ3v) is 5.72. The first-order valence-electron chi connectivity index (χ1n) is 8.97. The fourth-order valence-electron chi connectivity index (χ4n) is 3.20. The Hall–Kier alpha value is -1.85. The Morgan fingerprint density at radius 1 is 1.24 bits per heavy atom. The summed E-state index contributed by atoms with van der Waals surface area (Å²) in [5, 5.41) is 5.15. The highest BCUT2D eigenvalue weighted by Crippen LogP contribution is 2.30. The molecule has 1 N–H and O–H groups in total. The second-order valence-corrected chi connectivity index (χ2v) is 7.47. The van der Waals surface area contributed by atoms with Crippen LogP contribution in [0.2, 0.25) is 0 Å². The van der Waals surface area contributed by atoms with Gasteiger partial charge in [0.2, 0.25) is 0 Å². The largest absolute Gasteiger partial charge is 0.481 e. The number of hydrogen-bond donors (Lipinski definition) is 1. The van der Waals surface area contributed by atoms with Crippen LogP contribution in [0.25, 0.3) is 0 Å². The van der Waals surface area contributed by atoms with Crippen molar-refractivity contribution in [2.45, 2.75) is 31.8 Å². The van der Waals surface area contributed by atoms with E-state index in [1.807, 2.05) is 41.7 Å². The molecule has 0 aliphatic carbocycles. The zero-order valence-electron chi connectivity index (χ0n) is 14.7. The lowest BCUT2D eigenvalue weighted by Gasteiger charge is -2.31. The highest BCUT2D eigenvalue weighted by atomic mass is 32.1. The summed E-state index contributed by atoms with van der Waals surface area (Å²) in [7, 11) is 0. The molecule has 1 aliphatic rings. The third kappa shape index (κ3) is 5.31. The van der Waals surface area contributed by atoms with Crippen molar-refractivity contribution in [3.63, 3.8) is 0 Å². The minimum atomic E-state index is -0.480. The Morgan fingerprint density at radius 3 is 2.68 bits per heavy atom. The van der Waals surface area contributed by atoms with Crippen LogP contribution in [-0.4, -0.2) is 43.1 Å². The highest BCUT2D eigenvalue weighted by Gasteiger charge is 2.21. The molecule has 5 heteroatoms. The molecule has 3 rings (SSSR count). The predicted molar refractivity (Wildman–Crippen MR) is 102 cm³/mol. The van der Waals surface area contributed by atoms with Crippen molar-refractivity contribution in [1.82, 2.24) is 10.2 Å². The molecular formula is C20H26N2O2S. The number of ether oxygens (including phenoxy) is 1. The van der Waals surface area contributed by atoms with E-state index in [1.54, 1.807) is 6.92 Å². The lowest BCUT2D eigenvalue weighted by molar-refractivity contribution is -0.127. The molecule has 2 aromatic rings. The van der Waals surface area contributed by atoms with Crippen LogP contribution in [0.1, 0.15) is 30.6 Å². The van der Waals surface area contributed by atoms with E-state index in [2.05, 4.69) is 27.7 Å². The van der Waals surface area contributed by atoms with Crippen LogP contribution in [0.5, 0.6) is 5.75 Å². The number of para-hydroxylation sites is 1. The van der Waals surface area contributed by atoms with Gasteiger partial charge in [-0.05, 0) is 62.4 Å². The zero-order valence-corrected chi connectivity index (χ0v) is 15.5. The molecule has 1 fully saturated rings. The van der Waals surface area contributed by atoms with Crippen molar-refractivity contribution >= 4 is 17.2 Å². The van der Waals surface area contributed by atoms with E-state index in [0.29, 0.717) is 12.5 Å². The van der Waals surface area contributed by atoms with E-state index in [0.717, 1.165) is 25.4 Å². The summed E-state index contributed by atoms with van der Waals surface area (Å²) in [6.45, 7) is 5.57. The van der Waals surface area contributed by atoms with Gasteiger partial charge in [0.05, 0.1) is 0 Å². The summed E-state index contributed by atoms with van der Waals surface area (Å²) < 4.78 is 5.65. The topological polar surface area (TPSA) is 41.6 Å². The lowest BCUT2D eigenvalue weighted by Crippen LogP contribution is -2.42. The van der Waals surface area contributed by atoms with Gasteiger partial charge in [0, 0.05) is 18.0 Å². The number of rotatable bonds is 7. The molecule has 0 bridgehead atoms. The quantitative estimate of drug-likeness (QED) is 0.823. The first-order valence-corrected chi connectivity index (χ1v) is 9.85. The molecule has 1 aromatic heterocycles. The summed E-state index contributed by atoms with van der Waals surface area (Å²) in [5.41, 5.74) is 0. The van der Waals surface area contributed by atoms with Gasteiger partial charge in [-0.15, -0.1) is 11.3 Å². The van der Waals surface area contributed by atoms with Crippen LogP contribution < -0.4 is 10.1 Å². The summed E-state index contributed by atoms with van der Waals surface area (Å²) in [4.78, 5) is 16.1. The van der Waals surface area contributed by atoms with Crippen LogP contribution in [-0.2, 0) is 4.79 Å². The molecule has 0 saturated carbocycles. The maximum Gasteiger partial charge on any atom is 0.260 e. The zero-order chi connectivity index (χ0) is 17.5. The Kier molecular flexibility index (Phi) is 6.48. The Bertz CT molecular complexity index is 637. The van der Waals surface area contributed by atoms with Crippen LogP contribution >= 0.6 is 11.3 Å². The summed E-state index contributed by atoms with van der Waals surface area (Å²) in [6.07, 6.45) is 1.94. The molecule has 1 aliphatic heterocycles. The lowest BCUT2D eigenvalue weighted by atomic mass is 9.95. The maximum absolute atomic E-state index is 12.1. The standard InChI is InChI=1S/C20H26N2O2S/c1-16(24-18-6-3-2-4-7-18)20(23)21-11-14-22-12-9-17(10-13-22)19-8-5-15-25-19/h2-8,15-17H,9-14H2,1H3,(H,21,23). The number of thiophene rings is 1. The van der Waals surface area contributed by atoms with E-state index in [9.17, 15) is 4.79 Å². The number of piperidine rings is 1. The van der Waals surface area contributed by atoms with Crippen molar-refractivity contribution in [1.29, 1.82) is 0 Å². The number of benzene rings is 1. The van der Waals surface area contributed by atoms with Crippen molar-refractivity contribution in [2.24, 2.45) is 0 Å². The fraction of sp³-hybridized carbons (Fsp3) is 0.450. The van der Waals surface area contributed by atoms with Crippen molar-refractivity contribution < 1.29 is 9.53 Å². The molecule has 134 valence electrons. The van der Waals surface area contributed by atoms with E-state index in [-0.39, 0.29) is 5.91 Å². The number of carbonyl (C=O) groups excluding carboxylic acids is 1. The second-order valence-electron chi connectivity index (χ2n) is 6.50. The molecule has 25 heavy (non-hydrogen) atoms. The average molecular weight is 359 g/mol. The number of carbonyl (C=O) groups is 1. The van der Waals surface area contributed by atoms with Crippen molar-refractivity contribution in [3.8, 4) is 5.75 Å². The van der Waals surface area contributed by atoms with Crippen LogP contribution in [0.4, 0.5) is 0 Å². The monoisotopic (exact) mass is 358 g/mol. The average Bonchev–Trinajstić information content (AvgIpc) is 3.18. The first kappa shape index (κ1) is 18.0. The normalized spacial score (nSPS) is 17.2. The summed E-state index contributed by atoms with van der Waals surface area (Å²) in [5.74, 6) is 1.38. The van der Waals surface area contributed by atoms with Crippen LogP contribution in [0.15, 0.2) is 47.8 Å². The summed E-state index contributed by atoms with van der Waals surface area (Å²) >= 11 is 1.87. The Labute approximate surface area is 153 Å². The molecule has 2 heterocycles. The van der Waals surface area contributed by atoms with E-state index < -0.39 is 6.10 Å². The number of hydrogen-bond acceptors (Lipinski definition) is 4. The highest BCUT2D eigenvalue weighted by molar-refractivity contribution is 7.10. The van der Waals surface area contributed by atoms with Gasteiger partial charge >= 0.3 is 0 Å². The van der Waals surface area contributed by atoms with Gasteiger partial charge in [-0.25, -0.2) is 0 Å².